The molecule has 0 radical (unpaired) electrons. The highest BCUT2D eigenvalue weighted by atomic mass is 35.5. The van der Waals surface area contributed by atoms with E-state index in [9.17, 15) is 9.18 Å². The van der Waals surface area contributed by atoms with Gasteiger partial charge in [-0.05, 0) is 35.9 Å². The zero-order valence-corrected chi connectivity index (χ0v) is 16.2. The molecule has 0 saturated carbocycles. The summed E-state index contributed by atoms with van der Waals surface area (Å²) in [7, 11) is 1.55. The summed E-state index contributed by atoms with van der Waals surface area (Å²) in [5.74, 6) is -0.118. The van der Waals surface area contributed by atoms with Gasteiger partial charge in [-0.3, -0.25) is 4.79 Å². The molecular formula is C21H16ClFN4O2. The minimum atomic E-state index is -0.343. The molecule has 0 bridgehead atoms. The molecule has 0 atom stereocenters. The van der Waals surface area contributed by atoms with E-state index in [-0.39, 0.29) is 18.1 Å². The molecule has 2 aromatic carbocycles. The Morgan fingerprint density at radius 1 is 1.17 bits per heavy atom. The second-order valence-corrected chi connectivity index (χ2v) is 6.76. The maximum atomic E-state index is 13.0. The van der Waals surface area contributed by atoms with Gasteiger partial charge in [0.2, 0.25) is 11.8 Å². The van der Waals surface area contributed by atoms with Crippen molar-refractivity contribution in [2.24, 2.45) is 0 Å². The summed E-state index contributed by atoms with van der Waals surface area (Å²) in [4.78, 5) is 16.9. The zero-order valence-electron chi connectivity index (χ0n) is 15.4. The topological polar surface area (TPSA) is 68.5 Å². The van der Waals surface area contributed by atoms with Gasteiger partial charge in [0.15, 0.2) is 5.65 Å². The monoisotopic (exact) mass is 410 g/mol. The highest BCUT2D eigenvalue weighted by molar-refractivity contribution is 6.33. The number of nitrogens with zero attached hydrogens (tertiary/aromatic N) is 3. The van der Waals surface area contributed by atoms with Gasteiger partial charge in [0.05, 0.1) is 36.1 Å². The molecule has 0 fully saturated rings. The van der Waals surface area contributed by atoms with Gasteiger partial charge in [0.25, 0.3) is 0 Å². The third kappa shape index (κ3) is 4.20. The number of benzene rings is 2. The van der Waals surface area contributed by atoms with Gasteiger partial charge in [-0.1, -0.05) is 29.8 Å². The highest BCUT2D eigenvalue weighted by Gasteiger charge is 2.11. The van der Waals surface area contributed by atoms with Crippen molar-refractivity contribution < 1.29 is 13.9 Å². The van der Waals surface area contributed by atoms with Gasteiger partial charge < -0.3 is 10.1 Å². The van der Waals surface area contributed by atoms with Crippen molar-refractivity contribution in [3.63, 3.8) is 0 Å². The lowest BCUT2D eigenvalue weighted by Gasteiger charge is -2.09. The maximum absolute atomic E-state index is 13.0. The zero-order chi connectivity index (χ0) is 20.4. The summed E-state index contributed by atoms with van der Waals surface area (Å²) in [6, 6.07) is 14.6. The van der Waals surface area contributed by atoms with Gasteiger partial charge in [-0.2, -0.15) is 0 Å². The van der Waals surface area contributed by atoms with Crippen molar-refractivity contribution >= 4 is 28.8 Å². The van der Waals surface area contributed by atoms with Gasteiger partial charge >= 0.3 is 0 Å². The second-order valence-electron chi connectivity index (χ2n) is 6.35. The Labute approximate surface area is 170 Å². The number of amides is 1. The van der Waals surface area contributed by atoms with Crippen molar-refractivity contribution in [1.29, 1.82) is 0 Å². The van der Waals surface area contributed by atoms with E-state index >= 15 is 0 Å². The first-order chi connectivity index (χ1) is 14.0. The van der Waals surface area contributed by atoms with Gasteiger partial charge in [0, 0.05) is 11.6 Å². The van der Waals surface area contributed by atoms with Crippen molar-refractivity contribution in [2.75, 3.05) is 12.4 Å². The van der Waals surface area contributed by atoms with Crippen LogP contribution < -0.4 is 10.1 Å². The highest BCUT2D eigenvalue weighted by Crippen LogP contribution is 2.29. The van der Waals surface area contributed by atoms with Crippen LogP contribution >= 0.6 is 11.6 Å². The second kappa shape index (κ2) is 7.89. The van der Waals surface area contributed by atoms with Crippen LogP contribution in [-0.2, 0) is 11.2 Å². The Morgan fingerprint density at radius 3 is 2.72 bits per heavy atom. The summed E-state index contributed by atoms with van der Waals surface area (Å²) in [6.07, 6.45) is 1.88. The number of hydrogen-bond acceptors (Lipinski definition) is 4. The standard InChI is InChI=1S/C21H16ClFN4O2/c1-29-21-9-8-19-24-18(12-27(19)26-21)14-4-7-16(22)17(11-14)25-20(28)10-13-2-5-15(23)6-3-13/h2-9,11-12H,10H2,1H3,(H,25,28). The van der Waals surface area contributed by atoms with E-state index in [0.29, 0.717) is 33.5 Å². The summed E-state index contributed by atoms with van der Waals surface area (Å²) in [5, 5.41) is 7.50. The average molecular weight is 411 g/mol. The number of carbonyl (C=O) groups excluding carboxylic acids is 1. The number of methoxy groups -OCH3 is 1. The molecule has 4 rings (SSSR count). The lowest BCUT2D eigenvalue weighted by Crippen LogP contribution is -2.14. The van der Waals surface area contributed by atoms with E-state index in [4.69, 9.17) is 16.3 Å². The number of anilines is 1. The van der Waals surface area contributed by atoms with E-state index in [0.717, 1.165) is 5.56 Å². The molecule has 8 heteroatoms. The molecule has 0 unspecified atom stereocenters. The summed E-state index contributed by atoms with van der Waals surface area (Å²) >= 11 is 6.25. The fourth-order valence-corrected chi connectivity index (χ4v) is 3.04. The number of fused-ring (bicyclic) bond motifs is 1. The first-order valence-electron chi connectivity index (χ1n) is 8.76. The molecule has 1 amide bonds. The smallest absolute Gasteiger partial charge is 0.231 e. The molecule has 2 heterocycles. The van der Waals surface area contributed by atoms with E-state index in [1.807, 2.05) is 6.07 Å². The predicted octanol–water partition coefficient (Wildman–Crippen LogP) is 4.38. The SMILES string of the molecule is COc1ccc2nc(-c3ccc(Cl)c(NC(=O)Cc4ccc(F)cc4)c3)cn2n1. The van der Waals surface area contributed by atoms with E-state index in [1.165, 1.54) is 12.1 Å². The Morgan fingerprint density at radius 2 is 1.97 bits per heavy atom. The molecule has 0 saturated heterocycles. The Balaban J connectivity index is 1.57. The number of nitrogens with one attached hydrogen (secondary N) is 1. The molecule has 4 aromatic rings. The number of ether oxygens (including phenoxy) is 1. The van der Waals surface area contributed by atoms with Crippen molar-refractivity contribution in [2.45, 2.75) is 6.42 Å². The molecule has 146 valence electrons. The van der Waals surface area contributed by atoms with E-state index in [2.05, 4.69) is 15.4 Å². The average Bonchev–Trinajstić information content (AvgIpc) is 3.14. The first kappa shape index (κ1) is 18.9. The van der Waals surface area contributed by atoms with Gasteiger partial charge in [0.1, 0.15) is 5.82 Å². The third-order valence-electron chi connectivity index (χ3n) is 4.32. The number of carbonyl (C=O) groups is 1. The minimum Gasteiger partial charge on any atom is -0.480 e. The van der Waals surface area contributed by atoms with Crippen molar-refractivity contribution in [3.05, 3.63) is 77.2 Å². The van der Waals surface area contributed by atoms with E-state index in [1.54, 1.807) is 54.2 Å². The number of hydrogen-bond donors (Lipinski definition) is 1. The van der Waals surface area contributed by atoms with Crippen molar-refractivity contribution in [3.8, 4) is 17.1 Å². The van der Waals surface area contributed by atoms with Crippen LogP contribution in [0.1, 0.15) is 5.56 Å². The van der Waals surface area contributed by atoms with Crippen LogP contribution in [0, 0.1) is 5.82 Å². The third-order valence-corrected chi connectivity index (χ3v) is 4.65. The van der Waals surface area contributed by atoms with Crippen LogP contribution in [-0.4, -0.2) is 27.6 Å². The van der Waals surface area contributed by atoms with Crippen LogP contribution in [0.25, 0.3) is 16.9 Å². The molecule has 0 spiro atoms. The lowest BCUT2D eigenvalue weighted by molar-refractivity contribution is -0.115. The number of aromatic nitrogens is 3. The molecule has 29 heavy (non-hydrogen) atoms. The molecule has 0 aliphatic carbocycles. The van der Waals surface area contributed by atoms with Gasteiger partial charge in [-0.15, -0.1) is 5.10 Å². The minimum absolute atomic E-state index is 0.110. The summed E-state index contributed by atoms with van der Waals surface area (Å²) in [5.41, 5.74) is 3.29. The molecule has 0 aliphatic rings. The Bertz CT molecular complexity index is 1190. The van der Waals surface area contributed by atoms with Crippen molar-refractivity contribution in [1.82, 2.24) is 14.6 Å². The fraction of sp³-hybridized carbons (Fsp3) is 0.0952. The molecule has 6 nitrogen and oxygen atoms in total. The lowest BCUT2D eigenvalue weighted by atomic mass is 10.1. The Hall–Kier alpha value is -3.45. The van der Waals surface area contributed by atoms with E-state index < -0.39 is 0 Å². The predicted molar refractivity (Wildman–Crippen MR) is 109 cm³/mol. The quantitative estimate of drug-likeness (QED) is 0.530. The molecular weight excluding hydrogens is 395 g/mol. The van der Waals surface area contributed by atoms with Crippen LogP contribution in [0.4, 0.5) is 10.1 Å². The van der Waals surface area contributed by atoms with Crippen LogP contribution in [0.2, 0.25) is 5.02 Å². The van der Waals surface area contributed by atoms with Crippen LogP contribution in [0.15, 0.2) is 60.8 Å². The number of halogens is 2. The molecule has 2 aromatic heterocycles. The molecule has 0 aliphatic heterocycles. The fourth-order valence-electron chi connectivity index (χ4n) is 2.87. The Kier molecular flexibility index (Phi) is 5.14. The largest absolute Gasteiger partial charge is 0.480 e. The van der Waals surface area contributed by atoms with Crippen LogP contribution in [0.5, 0.6) is 5.88 Å². The van der Waals surface area contributed by atoms with Crippen LogP contribution in [0.3, 0.4) is 0 Å². The maximum Gasteiger partial charge on any atom is 0.231 e. The molecule has 1 N–H and O–H groups in total. The normalized spacial score (nSPS) is 10.9. The number of imidazole rings is 1. The summed E-state index contributed by atoms with van der Waals surface area (Å²) in [6.45, 7) is 0. The first-order valence-corrected chi connectivity index (χ1v) is 9.14. The van der Waals surface area contributed by atoms with Gasteiger partial charge in [-0.25, -0.2) is 13.9 Å². The summed E-state index contributed by atoms with van der Waals surface area (Å²) < 4.78 is 19.8. The number of rotatable bonds is 5.